The van der Waals surface area contributed by atoms with E-state index in [1.54, 1.807) is 24.3 Å². The van der Waals surface area contributed by atoms with Crippen LogP contribution in [0, 0.1) is 0 Å². The van der Waals surface area contributed by atoms with Gasteiger partial charge in [-0.2, -0.15) is 8.78 Å². The highest BCUT2D eigenvalue weighted by atomic mass is 35.5. The first kappa shape index (κ1) is 18.5. The van der Waals surface area contributed by atoms with Gasteiger partial charge in [0.15, 0.2) is 0 Å². The van der Waals surface area contributed by atoms with E-state index < -0.39 is 11.8 Å². The number of alkyl halides is 2. The molecule has 0 saturated carbocycles. The van der Waals surface area contributed by atoms with Gasteiger partial charge in [0.1, 0.15) is 5.82 Å². The lowest BCUT2D eigenvalue weighted by atomic mass is 10.1. The molecule has 1 aromatic heterocycles. The van der Waals surface area contributed by atoms with Crippen LogP contribution < -0.4 is 10.2 Å². The lowest BCUT2D eigenvalue weighted by Gasteiger charge is -2.27. The molecule has 0 unspecified atom stereocenters. The van der Waals surface area contributed by atoms with Crippen LogP contribution in [0.4, 0.5) is 14.5 Å². The number of carbonyl (C=O) groups is 1. The Bertz CT molecular complexity index is 1110. The molecule has 3 aromatic rings. The summed E-state index contributed by atoms with van der Waals surface area (Å²) in [5.74, 6) is -4.14. The van der Waals surface area contributed by atoms with Crippen LogP contribution in [0.3, 0.4) is 0 Å². The third-order valence-electron chi connectivity index (χ3n) is 5.74. The Hall–Kier alpha value is -2.51. The summed E-state index contributed by atoms with van der Waals surface area (Å²) >= 11 is 6.14. The van der Waals surface area contributed by atoms with Crippen LogP contribution in [0.25, 0.3) is 11.0 Å². The van der Waals surface area contributed by atoms with Crippen molar-refractivity contribution in [2.75, 3.05) is 18.0 Å². The Morgan fingerprint density at radius 3 is 2.72 bits per heavy atom. The first-order valence-electron chi connectivity index (χ1n) is 9.63. The van der Waals surface area contributed by atoms with Crippen LogP contribution in [-0.2, 0) is 17.3 Å². The van der Waals surface area contributed by atoms with E-state index in [2.05, 4.69) is 14.9 Å². The van der Waals surface area contributed by atoms with Crippen LogP contribution >= 0.6 is 11.6 Å². The smallest absolute Gasteiger partial charge is 0.323 e. The average molecular weight is 417 g/mol. The zero-order chi connectivity index (χ0) is 20.2. The molecule has 1 fully saturated rings. The summed E-state index contributed by atoms with van der Waals surface area (Å²) < 4.78 is 31.2. The van der Waals surface area contributed by atoms with E-state index in [0.29, 0.717) is 16.4 Å². The van der Waals surface area contributed by atoms with Gasteiger partial charge < -0.3 is 9.88 Å². The number of nitrogens with zero attached hydrogens (tertiary/aromatic N) is 3. The van der Waals surface area contributed by atoms with Crippen molar-refractivity contribution in [1.82, 2.24) is 14.9 Å². The summed E-state index contributed by atoms with van der Waals surface area (Å²) in [6.07, 6.45) is 1.81. The van der Waals surface area contributed by atoms with E-state index >= 15 is 0 Å². The summed E-state index contributed by atoms with van der Waals surface area (Å²) in [7, 11) is 0. The van der Waals surface area contributed by atoms with Gasteiger partial charge in [0.05, 0.1) is 28.8 Å². The van der Waals surface area contributed by atoms with Gasteiger partial charge in [0, 0.05) is 11.1 Å². The lowest BCUT2D eigenvalue weighted by molar-refractivity contribution is -0.141. The van der Waals surface area contributed by atoms with E-state index in [1.807, 2.05) is 6.07 Å². The number of aromatic nitrogens is 2. The minimum atomic E-state index is -3.52. The van der Waals surface area contributed by atoms with Gasteiger partial charge in [-0.05, 0) is 50.2 Å². The fourth-order valence-corrected chi connectivity index (χ4v) is 4.54. The summed E-state index contributed by atoms with van der Waals surface area (Å²) in [5.41, 5.74) is 1.60. The number of anilines is 1. The molecule has 5 rings (SSSR count). The normalized spacial score (nSPS) is 19.1. The van der Waals surface area contributed by atoms with Crippen molar-refractivity contribution in [1.29, 1.82) is 0 Å². The Morgan fingerprint density at radius 1 is 1.17 bits per heavy atom. The largest absolute Gasteiger partial charge is 0.352 e. The van der Waals surface area contributed by atoms with Crippen molar-refractivity contribution in [2.45, 2.75) is 31.4 Å². The fraction of sp³-hybridized carbons (Fsp3) is 0.333. The van der Waals surface area contributed by atoms with E-state index in [-0.39, 0.29) is 23.8 Å². The summed E-state index contributed by atoms with van der Waals surface area (Å²) in [6, 6.07) is 11.7. The van der Waals surface area contributed by atoms with Crippen molar-refractivity contribution >= 4 is 34.2 Å². The van der Waals surface area contributed by atoms with Crippen LogP contribution in [0.15, 0.2) is 42.5 Å². The topological polar surface area (TPSA) is 50.2 Å². The number of para-hydroxylation sites is 1. The minimum Gasteiger partial charge on any atom is -0.323 e. The highest BCUT2D eigenvalue weighted by Crippen LogP contribution is 2.44. The number of hydrogen-bond acceptors (Lipinski definition) is 3. The zero-order valence-electron chi connectivity index (χ0n) is 15.5. The first-order valence-corrected chi connectivity index (χ1v) is 10.0. The number of nitrogens with one attached hydrogen (secondary N) is 1. The number of imidazole rings is 1. The first-order chi connectivity index (χ1) is 14.0. The third kappa shape index (κ3) is 2.91. The second-order valence-corrected chi connectivity index (χ2v) is 7.93. The maximum absolute atomic E-state index is 14.6. The van der Waals surface area contributed by atoms with Crippen LogP contribution in [-0.4, -0.2) is 28.5 Å². The van der Waals surface area contributed by atoms with Crippen molar-refractivity contribution in [3.05, 3.63) is 58.9 Å². The Balaban J connectivity index is 1.61. The van der Waals surface area contributed by atoms with Gasteiger partial charge in [-0.1, -0.05) is 29.8 Å². The highest BCUT2D eigenvalue weighted by Gasteiger charge is 2.52. The molecule has 1 saturated heterocycles. The van der Waals surface area contributed by atoms with Crippen molar-refractivity contribution in [2.24, 2.45) is 0 Å². The lowest BCUT2D eigenvalue weighted by Crippen LogP contribution is -2.36. The van der Waals surface area contributed by atoms with E-state index in [4.69, 9.17) is 11.6 Å². The SMILES string of the molecule is O=C1N(Cc2nc3cc(Cl)ccc3n2C2CCNCC2)c2ccccc2C1(F)F. The molecule has 1 amide bonds. The number of halogens is 3. The molecule has 29 heavy (non-hydrogen) atoms. The van der Waals surface area contributed by atoms with Crippen LogP contribution in [0.2, 0.25) is 5.02 Å². The van der Waals surface area contributed by atoms with E-state index in [1.165, 1.54) is 12.1 Å². The number of rotatable bonds is 3. The fourth-order valence-electron chi connectivity index (χ4n) is 4.37. The third-order valence-corrected chi connectivity index (χ3v) is 5.98. The maximum Gasteiger partial charge on any atom is 0.352 e. The molecule has 5 nitrogen and oxygen atoms in total. The Morgan fingerprint density at radius 2 is 1.93 bits per heavy atom. The standard InChI is InChI=1S/C21H19ClF2N4O/c22-13-5-6-18-16(11-13)26-19(28(18)14-7-9-25-10-8-14)12-27-17-4-2-1-3-15(17)21(23,24)20(27)29/h1-6,11,14,25H,7-10,12H2. The predicted octanol–water partition coefficient (Wildman–Crippen LogP) is 4.25. The van der Waals surface area contributed by atoms with E-state index in [0.717, 1.165) is 36.3 Å². The molecular formula is C21H19ClF2N4O. The molecule has 2 aliphatic heterocycles. The molecule has 0 aliphatic carbocycles. The molecular weight excluding hydrogens is 398 g/mol. The molecule has 0 radical (unpaired) electrons. The molecule has 0 atom stereocenters. The maximum atomic E-state index is 14.6. The van der Waals surface area contributed by atoms with Gasteiger partial charge in [0.2, 0.25) is 0 Å². The monoisotopic (exact) mass is 416 g/mol. The quantitative estimate of drug-likeness (QED) is 0.694. The van der Waals surface area contributed by atoms with E-state index in [9.17, 15) is 13.6 Å². The summed E-state index contributed by atoms with van der Waals surface area (Å²) in [6.45, 7) is 1.74. The predicted molar refractivity (Wildman–Crippen MR) is 107 cm³/mol. The second kappa shape index (κ2) is 6.78. The number of carbonyl (C=O) groups excluding carboxylic acids is 1. The van der Waals surface area contributed by atoms with Gasteiger partial charge >= 0.3 is 11.8 Å². The van der Waals surface area contributed by atoms with Crippen LogP contribution in [0.5, 0.6) is 0 Å². The molecule has 8 heteroatoms. The zero-order valence-corrected chi connectivity index (χ0v) is 16.3. The number of fused-ring (bicyclic) bond motifs is 2. The Labute approximate surface area is 171 Å². The molecule has 2 aliphatic rings. The van der Waals surface area contributed by atoms with Crippen molar-refractivity contribution in [3.8, 4) is 0 Å². The molecule has 150 valence electrons. The van der Waals surface area contributed by atoms with Gasteiger partial charge in [-0.25, -0.2) is 4.98 Å². The number of benzene rings is 2. The number of piperidine rings is 1. The van der Waals surface area contributed by atoms with Gasteiger partial charge in [0.25, 0.3) is 0 Å². The second-order valence-electron chi connectivity index (χ2n) is 7.50. The number of hydrogen-bond donors (Lipinski definition) is 1. The Kier molecular flexibility index (Phi) is 4.33. The molecule has 0 bridgehead atoms. The van der Waals surface area contributed by atoms with Crippen molar-refractivity contribution < 1.29 is 13.6 Å². The highest BCUT2D eigenvalue weighted by molar-refractivity contribution is 6.31. The van der Waals surface area contributed by atoms with Gasteiger partial charge in [-0.15, -0.1) is 0 Å². The molecule has 2 aromatic carbocycles. The summed E-state index contributed by atoms with van der Waals surface area (Å²) in [5, 5.41) is 3.90. The van der Waals surface area contributed by atoms with Gasteiger partial charge in [-0.3, -0.25) is 9.69 Å². The van der Waals surface area contributed by atoms with Crippen LogP contribution in [0.1, 0.15) is 30.3 Å². The minimum absolute atomic E-state index is 0.0122. The summed E-state index contributed by atoms with van der Waals surface area (Å²) in [4.78, 5) is 18.4. The van der Waals surface area contributed by atoms with Crippen molar-refractivity contribution in [3.63, 3.8) is 0 Å². The molecule has 3 heterocycles. The molecule has 0 spiro atoms. The number of amides is 1. The molecule has 1 N–H and O–H groups in total. The average Bonchev–Trinajstić information content (AvgIpc) is 3.17.